The van der Waals surface area contributed by atoms with E-state index in [-0.39, 0.29) is 5.75 Å². The molecule has 0 bridgehead atoms. The average Bonchev–Trinajstić information content (AvgIpc) is 3.19. The van der Waals surface area contributed by atoms with Gasteiger partial charge in [-0.15, -0.1) is 0 Å². The fraction of sp³-hybridized carbons (Fsp3) is 0.278. The van der Waals surface area contributed by atoms with Gasteiger partial charge in [-0.1, -0.05) is 53.6 Å². The van der Waals surface area contributed by atoms with Crippen LogP contribution in [0.5, 0.6) is 0 Å². The Kier molecular flexibility index (Phi) is 4.87. The molecular formula is C18H20N6O2S. The number of hydrogen-bond acceptors (Lipinski definition) is 6. The van der Waals surface area contributed by atoms with E-state index in [0.717, 1.165) is 11.3 Å². The van der Waals surface area contributed by atoms with Gasteiger partial charge in [-0.3, -0.25) is 0 Å². The van der Waals surface area contributed by atoms with Gasteiger partial charge in [-0.2, -0.15) is 8.99 Å². The fourth-order valence-electron chi connectivity index (χ4n) is 3.16. The normalized spacial score (nSPS) is 15.8. The summed E-state index contributed by atoms with van der Waals surface area (Å²) < 4.78 is 28.6. The standard InChI is InChI=1S/C18H20N6O2S/c25-27(26,15-16-7-3-1-4-8-16)23-13-11-22(12-14-23)18-19-20-21-24(18)17-9-5-2-6-10-17/h1-10H,11-15H2. The number of nitrogens with zero attached hydrogens (tertiary/aromatic N) is 6. The minimum Gasteiger partial charge on any atom is -0.337 e. The minimum absolute atomic E-state index is 0.0234. The third-order valence-electron chi connectivity index (χ3n) is 4.56. The van der Waals surface area contributed by atoms with Crippen LogP contribution in [0.1, 0.15) is 5.56 Å². The molecule has 1 aliphatic rings. The Bertz CT molecular complexity index is 983. The van der Waals surface area contributed by atoms with Gasteiger partial charge in [-0.25, -0.2) is 8.42 Å². The Morgan fingerprint density at radius 3 is 2.15 bits per heavy atom. The van der Waals surface area contributed by atoms with Gasteiger partial charge in [0.25, 0.3) is 0 Å². The first-order chi connectivity index (χ1) is 13.1. The summed E-state index contributed by atoms with van der Waals surface area (Å²) in [6.45, 7) is 1.91. The first-order valence-corrected chi connectivity index (χ1v) is 10.3. The van der Waals surface area contributed by atoms with Crippen molar-refractivity contribution in [2.24, 2.45) is 0 Å². The zero-order chi connectivity index (χ0) is 18.7. The molecule has 0 aliphatic carbocycles. The lowest BCUT2D eigenvalue weighted by atomic mass is 10.2. The van der Waals surface area contributed by atoms with Crippen molar-refractivity contribution in [1.29, 1.82) is 0 Å². The molecule has 9 heteroatoms. The SMILES string of the molecule is O=S(=O)(Cc1ccccc1)N1CCN(c2nnnn2-c2ccccc2)CC1. The van der Waals surface area contributed by atoms with Crippen LogP contribution in [0.25, 0.3) is 5.69 Å². The van der Waals surface area contributed by atoms with Gasteiger partial charge in [0.15, 0.2) is 0 Å². The van der Waals surface area contributed by atoms with Crippen LogP contribution >= 0.6 is 0 Å². The summed E-state index contributed by atoms with van der Waals surface area (Å²) >= 11 is 0. The maximum Gasteiger partial charge on any atom is 0.250 e. The van der Waals surface area contributed by atoms with Crippen molar-refractivity contribution in [1.82, 2.24) is 24.5 Å². The fourth-order valence-corrected chi connectivity index (χ4v) is 4.67. The van der Waals surface area contributed by atoms with E-state index in [4.69, 9.17) is 0 Å². The van der Waals surface area contributed by atoms with E-state index in [2.05, 4.69) is 15.5 Å². The number of aromatic nitrogens is 4. The van der Waals surface area contributed by atoms with Crippen molar-refractivity contribution >= 4 is 16.0 Å². The molecule has 0 unspecified atom stereocenters. The zero-order valence-electron chi connectivity index (χ0n) is 14.7. The van der Waals surface area contributed by atoms with Gasteiger partial charge < -0.3 is 4.90 Å². The van der Waals surface area contributed by atoms with Gasteiger partial charge in [0.05, 0.1) is 11.4 Å². The van der Waals surface area contributed by atoms with Gasteiger partial charge in [0.1, 0.15) is 0 Å². The van der Waals surface area contributed by atoms with Crippen LogP contribution in [0.4, 0.5) is 5.95 Å². The molecule has 1 saturated heterocycles. The predicted molar refractivity (Wildman–Crippen MR) is 102 cm³/mol. The van der Waals surface area contributed by atoms with E-state index in [0.29, 0.717) is 32.1 Å². The molecule has 0 atom stereocenters. The number of hydrogen-bond donors (Lipinski definition) is 0. The summed E-state index contributed by atoms with van der Waals surface area (Å²) in [5.41, 5.74) is 1.67. The lowest BCUT2D eigenvalue weighted by Crippen LogP contribution is -2.49. The van der Waals surface area contributed by atoms with E-state index >= 15 is 0 Å². The molecule has 0 saturated carbocycles. The smallest absolute Gasteiger partial charge is 0.250 e. The number of sulfonamides is 1. The molecule has 2 heterocycles. The Balaban J connectivity index is 1.45. The molecule has 1 aliphatic heterocycles. The lowest BCUT2D eigenvalue weighted by Gasteiger charge is -2.34. The van der Waals surface area contributed by atoms with E-state index in [1.165, 1.54) is 0 Å². The average molecular weight is 384 g/mol. The molecule has 0 amide bonds. The Hall–Kier alpha value is -2.78. The maximum absolute atomic E-state index is 12.7. The van der Waals surface area contributed by atoms with Crippen LogP contribution in [0.2, 0.25) is 0 Å². The molecule has 0 radical (unpaired) electrons. The molecule has 1 aromatic heterocycles. The molecule has 4 rings (SSSR count). The van der Waals surface area contributed by atoms with Gasteiger partial charge in [0, 0.05) is 26.2 Å². The number of para-hydroxylation sites is 1. The summed E-state index contributed by atoms with van der Waals surface area (Å²) in [7, 11) is -3.34. The highest BCUT2D eigenvalue weighted by Crippen LogP contribution is 2.19. The third-order valence-corrected chi connectivity index (χ3v) is 6.41. The van der Waals surface area contributed by atoms with E-state index in [9.17, 15) is 8.42 Å². The molecule has 3 aromatic rings. The number of anilines is 1. The summed E-state index contributed by atoms with van der Waals surface area (Å²) in [4.78, 5) is 2.02. The topological polar surface area (TPSA) is 84.2 Å². The van der Waals surface area contributed by atoms with Gasteiger partial charge in [-0.05, 0) is 28.1 Å². The number of rotatable bonds is 5. The quantitative estimate of drug-likeness (QED) is 0.660. The number of tetrazole rings is 1. The third kappa shape index (κ3) is 3.83. The van der Waals surface area contributed by atoms with Gasteiger partial charge >= 0.3 is 0 Å². The minimum atomic E-state index is -3.34. The van der Waals surface area contributed by atoms with Crippen molar-refractivity contribution in [3.8, 4) is 5.69 Å². The molecular weight excluding hydrogens is 364 g/mol. The molecule has 140 valence electrons. The molecule has 8 nitrogen and oxygen atoms in total. The first kappa shape index (κ1) is 17.6. The van der Waals surface area contributed by atoms with Crippen molar-refractivity contribution < 1.29 is 8.42 Å². The van der Waals surface area contributed by atoms with Crippen LogP contribution in [0.3, 0.4) is 0 Å². The largest absolute Gasteiger partial charge is 0.337 e. The first-order valence-electron chi connectivity index (χ1n) is 8.74. The lowest BCUT2D eigenvalue weighted by molar-refractivity contribution is 0.381. The number of piperazine rings is 1. The van der Waals surface area contributed by atoms with E-state index in [1.54, 1.807) is 8.99 Å². The molecule has 2 aromatic carbocycles. The second-order valence-corrected chi connectivity index (χ2v) is 8.32. The predicted octanol–water partition coefficient (Wildman–Crippen LogP) is 1.31. The Morgan fingerprint density at radius 2 is 1.48 bits per heavy atom. The maximum atomic E-state index is 12.7. The highest BCUT2D eigenvalue weighted by molar-refractivity contribution is 7.88. The van der Waals surface area contributed by atoms with E-state index < -0.39 is 10.0 Å². The van der Waals surface area contributed by atoms with Crippen molar-refractivity contribution in [2.45, 2.75) is 5.75 Å². The van der Waals surface area contributed by atoms with Crippen LogP contribution in [0, 0.1) is 0 Å². The molecule has 1 fully saturated rings. The summed E-state index contributed by atoms with van der Waals surface area (Å²) in [5, 5.41) is 12.0. The summed E-state index contributed by atoms with van der Waals surface area (Å²) in [6.07, 6.45) is 0. The molecule has 0 N–H and O–H groups in total. The van der Waals surface area contributed by atoms with Crippen LogP contribution in [0.15, 0.2) is 60.7 Å². The second-order valence-electron chi connectivity index (χ2n) is 6.35. The molecule has 0 spiro atoms. The summed E-state index contributed by atoms with van der Waals surface area (Å²) in [5.74, 6) is 0.650. The van der Waals surface area contributed by atoms with Crippen LogP contribution in [-0.2, 0) is 15.8 Å². The van der Waals surface area contributed by atoms with Crippen molar-refractivity contribution in [3.63, 3.8) is 0 Å². The van der Waals surface area contributed by atoms with Crippen molar-refractivity contribution in [2.75, 3.05) is 31.1 Å². The molecule has 27 heavy (non-hydrogen) atoms. The monoisotopic (exact) mass is 384 g/mol. The van der Waals surface area contributed by atoms with Crippen LogP contribution < -0.4 is 4.90 Å². The Morgan fingerprint density at radius 1 is 0.852 bits per heavy atom. The Labute approximate surface area is 158 Å². The van der Waals surface area contributed by atoms with E-state index in [1.807, 2.05) is 65.6 Å². The second kappa shape index (κ2) is 7.45. The van der Waals surface area contributed by atoms with Gasteiger partial charge in [0.2, 0.25) is 16.0 Å². The van der Waals surface area contributed by atoms with Crippen molar-refractivity contribution in [3.05, 3.63) is 66.2 Å². The highest BCUT2D eigenvalue weighted by atomic mass is 32.2. The zero-order valence-corrected chi connectivity index (χ0v) is 15.5. The summed E-state index contributed by atoms with van der Waals surface area (Å²) in [6, 6.07) is 18.9. The highest BCUT2D eigenvalue weighted by Gasteiger charge is 2.29. The number of benzene rings is 2. The van der Waals surface area contributed by atoms with Crippen LogP contribution in [-0.4, -0.2) is 59.1 Å².